The van der Waals surface area contributed by atoms with E-state index in [9.17, 15) is 9.90 Å². The molecular weight excluding hydrogens is 386 g/mol. The van der Waals surface area contributed by atoms with Crippen LogP contribution in [0.25, 0.3) is 0 Å². The van der Waals surface area contributed by atoms with E-state index in [-0.39, 0.29) is 23.4 Å². The number of nitrogens with zero attached hydrogens (tertiary/aromatic N) is 1. The fraction of sp³-hybridized carbons (Fsp3) is 0.667. The molecule has 0 aromatic heterocycles. The van der Waals surface area contributed by atoms with Crippen molar-refractivity contribution in [3.05, 3.63) is 48.0 Å². The largest absolute Gasteiger partial charge is 0.462 e. The van der Waals surface area contributed by atoms with Gasteiger partial charge in [-0.3, -0.25) is 4.79 Å². The number of carbonyl (C=O) groups excluding carboxylic acids is 1. The number of esters is 1. The molecule has 2 aliphatic carbocycles. The van der Waals surface area contributed by atoms with E-state index < -0.39 is 5.60 Å². The molecule has 1 N–H and O–H groups in total. The third-order valence-corrected chi connectivity index (χ3v) is 8.94. The fourth-order valence-corrected chi connectivity index (χ4v) is 7.05. The molecule has 4 fully saturated rings. The molecule has 5 rings (SSSR count). The number of piperidine rings is 1. The second-order valence-corrected chi connectivity index (χ2v) is 11.1. The quantitative estimate of drug-likeness (QED) is 0.577. The Hall–Kier alpha value is -1.65. The first-order valence-electron chi connectivity index (χ1n) is 12.2. The molecule has 4 heteroatoms. The molecule has 2 aliphatic heterocycles. The molecule has 0 spiro atoms. The Morgan fingerprint density at radius 1 is 1.19 bits per heavy atom. The fourth-order valence-electron chi connectivity index (χ4n) is 7.05. The van der Waals surface area contributed by atoms with Gasteiger partial charge in [-0.05, 0) is 61.8 Å². The Morgan fingerprint density at radius 2 is 1.94 bits per heavy atom. The minimum Gasteiger partial charge on any atom is -0.462 e. The summed E-state index contributed by atoms with van der Waals surface area (Å²) in [6.07, 6.45) is 7.97. The van der Waals surface area contributed by atoms with Crippen molar-refractivity contribution >= 4 is 5.97 Å². The molecule has 1 aromatic rings. The molecule has 5 unspecified atom stereocenters. The van der Waals surface area contributed by atoms with Gasteiger partial charge in [0.25, 0.3) is 0 Å². The van der Waals surface area contributed by atoms with Gasteiger partial charge < -0.3 is 14.7 Å². The zero-order valence-corrected chi connectivity index (χ0v) is 18.9. The van der Waals surface area contributed by atoms with Crippen molar-refractivity contribution in [3.63, 3.8) is 0 Å². The first kappa shape index (κ1) is 21.2. The summed E-state index contributed by atoms with van der Waals surface area (Å²) >= 11 is 0. The number of allylic oxidation sites excluding steroid dienone is 1. The van der Waals surface area contributed by atoms with Gasteiger partial charge in [-0.1, -0.05) is 49.4 Å². The summed E-state index contributed by atoms with van der Waals surface area (Å²) in [5, 5.41) is 11.1. The standard InChI is InChI=1S/C27H37NO3/c1-19-7-6-10-26(2)17-24-21(15-23(19)26)22(25(29)31-24)18-28-13-11-27(30,12-14-28)16-20-8-4-3-5-9-20/h3-5,8-9,21-24,30H,1,6-7,10-18H2,2H3. The van der Waals surface area contributed by atoms with Crippen molar-refractivity contribution < 1.29 is 14.6 Å². The maximum Gasteiger partial charge on any atom is 0.310 e. The Bertz CT molecular complexity index is 828. The van der Waals surface area contributed by atoms with Crippen molar-refractivity contribution in [3.8, 4) is 0 Å². The lowest BCUT2D eigenvalue weighted by Gasteiger charge is -2.50. The second-order valence-electron chi connectivity index (χ2n) is 11.1. The van der Waals surface area contributed by atoms with Gasteiger partial charge in [0, 0.05) is 32.0 Å². The predicted octanol–water partition coefficient (Wildman–Crippen LogP) is 4.37. The SMILES string of the molecule is C=C1CCCC2(C)CC3OC(=O)C(CN4CCC(O)(Cc5ccccc5)CC4)C3CC12. The minimum atomic E-state index is -0.636. The monoisotopic (exact) mass is 423 g/mol. The van der Waals surface area contributed by atoms with Crippen LogP contribution in [0.2, 0.25) is 0 Å². The number of carbonyl (C=O) groups is 1. The van der Waals surface area contributed by atoms with E-state index in [4.69, 9.17) is 4.74 Å². The number of benzene rings is 1. The summed E-state index contributed by atoms with van der Waals surface area (Å²) in [6, 6.07) is 10.3. The van der Waals surface area contributed by atoms with E-state index in [1.165, 1.54) is 24.0 Å². The van der Waals surface area contributed by atoms with Crippen LogP contribution in [0, 0.1) is 23.2 Å². The lowest BCUT2D eigenvalue weighted by atomic mass is 9.55. The van der Waals surface area contributed by atoms with E-state index in [0.717, 1.165) is 51.7 Å². The smallest absolute Gasteiger partial charge is 0.310 e. The molecular formula is C27H37NO3. The Balaban J connectivity index is 1.21. The summed E-state index contributed by atoms with van der Waals surface area (Å²) in [6.45, 7) is 9.26. The molecule has 2 saturated carbocycles. The third kappa shape index (κ3) is 4.09. The van der Waals surface area contributed by atoms with Crippen LogP contribution in [0.3, 0.4) is 0 Å². The highest BCUT2D eigenvalue weighted by Crippen LogP contribution is 2.57. The van der Waals surface area contributed by atoms with Crippen molar-refractivity contribution in [1.82, 2.24) is 4.90 Å². The van der Waals surface area contributed by atoms with Crippen LogP contribution in [0.15, 0.2) is 42.5 Å². The number of aliphatic hydroxyl groups is 1. The maximum atomic E-state index is 12.9. The van der Waals surface area contributed by atoms with Gasteiger partial charge in [-0.2, -0.15) is 0 Å². The summed E-state index contributed by atoms with van der Waals surface area (Å²) in [5.74, 6) is 0.847. The van der Waals surface area contributed by atoms with E-state index in [0.29, 0.717) is 18.3 Å². The highest BCUT2D eigenvalue weighted by molar-refractivity contribution is 5.75. The highest BCUT2D eigenvalue weighted by Gasteiger charge is 2.55. The maximum absolute atomic E-state index is 12.9. The van der Waals surface area contributed by atoms with Crippen LogP contribution in [0.1, 0.15) is 57.4 Å². The van der Waals surface area contributed by atoms with Gasteiger partial charge in [0.15, 0.2) is 0 Å². The molecule has 4 aliphatic rings. The van der Waals surface area contributed by atoms with Gasteiger partial charge in [0.2, 0.25) is 0 Å². The van der Waals surface area contributed by atoms with E-state index in [2.05, 4.69) is 30.5 Å². The molecule has 0 bridgehead atoms. The van der Waals surface area contributed by atoms with Crippen molar-refractivity contribution in [1.29, 1.82) is 0 Å². The first-order valence-corrected chi connectivity index (χ1v) is 12.2. The average molecular weight is 424 g/mol. The second kappa shape index (κ2) is 8.04. The number of rotatable bonds is 4. The summed E-state index contributed by atoms with van der Waals surface area (Å²) < 4.78 is 5.94. The number of fused-ring (bicyclic) bond motifs is 2. The van der Waals surface area contributed by atoms with Crippen LogP contribution in [0.5, 0.6) is 0 Å². The Kier molecular flexibility index (Phi) is 5.50. The normalized spacial score (nSPS) is 37.7. The van der Waals surface area contributed by atoms with E-state index in [1.807, 2.05) is 18.2 Å². The molecule has 2 heterocycles. The van der Waals surface area contributed by atoms with E-state index >= 15 is 0 Å². The number of likely N-dealkylation sites (tertiary alicyclic amines) is 1. The molecule has 1 aromatic carbocycles. The zero-order chi connectivity index (χ0) is 21.6. The van der Waals surface area contributed by atoms with Crippen LogP contribution in [-0.4, -0.2) is 47.3 Å². The third-order valence-electron chi connectivity index (χ3n) is 8.94. The molecule has 168 valence electrons. The van der Waals surface area contributed by atoms with Crippen molar-refractivity contribution in [2.24, 2.45) is 23.2 Å². The molecule has 0 radical (unpaired) electrons. The number of hydrogen-bond acceptors (Lipinski definition) is 4. The van der Waals surface area contributed by atoms with Crippen LogP contribution in [-0.2, 0) is 16.0 Å². The van der Waals surface area contributed by atoms with Gasteiger partial charge in [0.05, 0.1) is 11.5 Å². The van der Waals surface area contributed by atoms with Gasteiger partial charge in [-0.15, -0.1) is 0 Å². The molecule has 4 nitrogen and oxygen atoms in total. The molecule has 5 atom stereocenters. The van der Waals surface area contributed by atoms with Crippen LogP contribution in [0.4, 0.5) is 0 Å². The Morgan fingerprint density at radius 3 is 2.68 bits per heavy atom. The van der Waals surface area contributed by atoms with Gasteiger partial charge >= 0.3 is 5.97 Å². The lowest BCUT2D eigenvalue weighted by molar-refractivity contribution is -0.146. The summed E-state index contributed by atoms with van der Waals surface area (Å²) in [5.41, 5.74) is 2.21. The average Bonchev–Trinajstić information content (AvgIpc) is 3.02. The topological polar surface area (TPSA) is 49.8 Å². The van der Waals surface area contributed by atoms with Crippen molar-refractivity contribution in [2.45, 2.75) is 70.0 Å². The minimum absolute atomic E-state index is 0.00739. The molecule has 0 amide bonds. The Labute approximate surface area is 186 Å². The summed E-state index contributed by atoms with van der Waals surface area (Å²) in [4.78, 5) is 15.2. The molecule has 31 heavy (non-hydrogen) atoms. The van der Waals surface area contributed by atoms with Gasteiger partial charge in [-0.25, -0.2) is 0 Å². The highest BCUT2D eigenvalue weighted by atomic mass is 16.6. The zero-order valence-electron chi connectivity index (χ0n) is 18.9. The van der Waals surface area contributed by atoms with Crippen molar-refractivity contribution in [2.75, 3.05) is 19.6 Å². The number of hydrogen-bond donors (Lipinski definition) is 1. The van der Waals surface area contributed by atoms with E-state index in [1.54, 1.807) is 0 Å². The van der Waals surface area contributed by atoms with Gasteiger partial charge in [0.1, 0.15) is 6.10 Å². The van der Waals surface area contributed by atoms with Crippen LogP contribution >= 0.6 is 0 Å². The van der Waals surface area contributed by atoms with Crippen LogP contribution < -0.4 is 0 Å². The lowest BCUT2D eigenvalue weighted by Crippen LogP contribution is -2.49. The predicted molar refractivity (Wildman–Crippen MR) is 121 cm³/mol. The first-order chi connectivity index (χ1) is 14.9. The summed E-state index contributed by atoms with van der Waals surface area (Å²) in [7, 11) is 0. The molecule has 2 saturated heterocycles. The number of ether oxygens (including phenoxy) is 1.